The zero-order valence-electron chi connectivity index (χ0n) is 13.9. The van der Waals surface area contributed by atoms with Gasteiger partial charge in [0.2, 0.25) is 0 Å². The Labute approximate surface area is 136 Å². The van der Waals surface area contributed by atoms with Crippen molar-refractivity contribution in [2.75, 3.05) is 5.75 Å². The monoisotopic (exact) mass is 338 g/mol. The van der Waals surface area contributed by atoms with E-state index >= 15 is 0 Å². The van der Waals surface area contributed by atoms with Crippen LogP contribution < -0.4 is 0 Å². The molecule has 1 aliphatic rings. The second-order valence-electron chi connectivity index (χ2n) is 6.56. The van der Waals surface area contributed by atoms with Crippen LogP contribution in [-0.2, 0) is 9.84 Å². The highest BCUT2D eigenvalue weighted by Crippen LogP contribution is 2.33. The first-order chi connectivity index (χ1) is 10.8. The average Bonchev–Trinajstić information content (AvgIpc) is 3.08. The van der Waals surface area contributed by atoms with Gasteiger partial charge in [-0.15, -0.1) is 0 Å². The Balaban J connectivity index is 1.84. The lowest BCUT2D eigenvalue weighted by Gasteiger charge is -2.24. The molecule has 0 bridgehead atoms. The van der Waals surface area contributed by atoms with Crippen LogP contribution in [0, 0.1) is 6.92 Å². The number of hydrogen-bond acceptors (Lipinski definition) is 6. The molecule has 0 radical (unpaired) electrons. The molecule has 0 N–H and O–H groups in total. The van der Waals surface area contributed by atoms with Crippen LogP contribution in [0.1, 0.15) is 57.1 Å². The Bertz CT molecular complexity index is 807. The van der Waals surface area contributed by atoms with Crippen molar-refractivity contribution >= 4 is 9.84 Å². The van der Waals surface area contributed by atoms with Crippen molar-refractivity contribution in [2.45, 2.75) is 57.7 Å². The summed E-state index contributed by atoms with van der Waals surface area (Å²) in [5.74, 6) is 1.27. The Morgan fingerprint density at radius 1 is 1.39 bits per heavy atom. The molecule has 2 aromatic rings. The van der Waals surface area contributed by atoms with E-state index in [1.54, 1.807) is 6.92 Å². The highest BCUT2D eigenvalue weighted by atomic mass is 32.2. The van der Waals surface area contributed by atoms with Crippen LogP contribution in [0.15, 0.2) is 10.7 Å². The molecule has 1 aliphatic heterocycles. The molecule has 7 nitrogen and oxygen atoms in total. The predicted octanol–water partition coefficient (Wildman–Crippen LogP) is 2.50. The SMILES string of the molecule is Cc1nn(C(C)C)cc1-c1nc([C@@H]2CCS(=O)(=O)[C@@H](C)C2)no1. The van der Waals surface area contributed by atoms with E-state index in [4.69, 9.17) is 4.52 Å². The minimum atomic E-state index is -2.96. The molecular formula is C15H22N4O3S. The fraction of sp³-hybridized carbons (Fsp3) is 0.667. The maximum Gasteiger partial charge on any atom is 0.261 e. The van der Waals surface area contributed by atoms with E-state index in [2.05, 4.69) is 29.1 Å². The third-order valence-electron chi connectivity index (χ3n) is 4.46. The molecule has 0 saturated carbocycles. The van der Waals surface area contributed by atoms with Crippen molar-refractivity contribution in [1.82, 2.24) is 19.9 Å². The minimum Gasteiger partial charge on any atom is -0.334 e. The number of aryl methyl sites for hydroxylation is 1. The summed E-state index contributed by atoms with van der Waals surface area (Å²) in [6.07, 6.45) is 3.01. The third-order valence-corrected chi connectivity index (χ3v) is 6.69. The molecule has 2 atom stereocenters. The van der Waals surface area contributed by atoms with E-state index in [-0.39, 0.29) is 23.0 Å². The van der Waals surface area contributed by atoms with Gasteiger partial charge in [-0.2, -0.15) is 10.1 Å². The standard InChI is InChI=1S/C15H22N4O3S/c1-9(2)19-8-13(11(4)17-19)15-16-14(18-22-15)12-5-6-23(20,21)10(3)7-12/h8-10,12H,5-7H2,1-4H3/t10-,12+/m0/s1. The number of hydrogen-bond donors (Lipinski definition) is 0. The largest absolute Gasteiger partial charge is 0.334 e. The van der Waals surface area contributed by atoms with Gasteiger partial charge in [0, 0.05) is 18.2 Å². The van der Waals surface area contributed by atoms with Crippen molar-refractivity contribution in [3.05, 3.63) is 17.7 Å². The summed E-state index contributed by atoms with van der Waals surface area (Å²) in [5, 5.41) is 8.17. The molecule has 2 aromatic heterocycles. The van der Waals surface area contributed by atoms with Crippen LogP contribution in [0.25, 0.3) is 11.5 Å². The Morgan fingerprint density at radius 2 is 2.13 bits per heavy atom. The van der Waals surface area contributed by atoms with E-state index in [1.807, 2.05) is 17.8 Å². The first-order valence-corrected chi connectivity index (χ1v) is 9.60. The molecule has 1 fully saturated rings. The second-order valence-corrected chi connectivity index (χ2v) is 9.10. The minimum absolute atomic E-state index is 0.0338. The van der Waals surface area contributed by atoms with E-state index in [0.717, 1.165) is 11.3 Å². The van der Waals surface area contributed by atoms with Crippen LogP contribution in [0.3, 0.4) is 0 Å². The second kappa shape index (κ2) is 5.74. The molecule has 8 heteroatoms. The summed E-state index contributed by atoms with van der Waals surface area (Å²) < 4.78 is 30.9. The Kier molecular flexibility index (Phi) is 4.03. The molecule has 0 amide bonds. The lowest BCUT2D eigenvalue weighted by molar-refractivity contribution is 0.407. The Morgan fingerprint density at radius 3 is 2.74 bits per heavy atom. The molecule has 0 unspecified atom stereocenters. The van der Waals surface area contributed by atoms with Crippen LogP contribution >= 0.6 is 0 Å². The fourth-order valence-corrected chi connectivity index (χ4v) is 4.41. The van der Waals surface area contributed by atoms with Crippen molar-refractivity contribution in [1.29, 1.82) is 0 Å². The van der Waals surface area contributed by atoms with Gasteiger partial charge in [0.15, 0.2) is 15.7 Å². The molecule has 0 aliphatic carbocycles. The highest BCUT2D eigenvalue weighted by Gasteiger charge is 2.34. The van der Waals surface area contributed by atoms with Gasteiger partial charge < -0.3 is 4.52 Å². The summed E-state index contributed by atoms with van der Waals surface area (Å²) in [7, 11) is -2.96. The predicted molar refractivity (Wildman–Crippen MR) is 85.9 cm³/mol. The number of nitrogens with zero attached hydrogens (tertiary/aromatic N) is 4. The molecule has 0 aromatic carbocycles. The molecular weight excluding hydrogens is 316 g/mol. The Hall–Kier alpha value is -1.70. The molecule has 0 spiro atoms. The molecule has 23 heavy (non-hydrogen) atoms. The van der Waals surface area contributed by atoms with Gasteiger partial charge >= 0.3 is 0 Å². The summed E-state index contributed by atoms with van der Waals surface area (Å²) in [5.41, 5.74) is 1.67. The van der Waals surface area contributed by atoms with Gasteiger partial charge in [0.05, 0.1) is 22.3 Å². The van der Waals surface area contributed by atoms with Gasteiger partial charge in [-0.1, -0.05) is 5.16 Å². The van der Waals surface area contributed by atoms with Gasteiger partial charge in [0.1, 0.15) is 0 Å². The smallest absolute Gasteiger partial charge is 0.261 e. The van der Waals surface area contributed by atoms with Gasteiger partial charge in [-0.25, -0.2) is 8.42 Å². The summed E-state index contributed by atoms with van der Waals surface area (Å²) in [6.45, 7) is 7.77. The fourth-order valence-electron chi connectivity index (χ4n) is 2.87. The van der Waals surface area contributed by atoms with Crippen LogP contribution in [0.5, 0.6) is 0 Å². The summed E-state index contributed by atoms with van der Waals surface area (Å²) in [4.78, 5) is 4.49. The third kappa shape index (κ3) is 3.04. The average molecular weight is 338 g/mol. The zero-order valence-corrected chi connectivity index (χ0v) is 14.7. The first-order valence-electron chi connectivity index (χ1n) is 7.89. The van der Waals surface area contributed by atoms with E-state index in [0.29, 0.717) is 24.6 Å². The normalized spacial score (nSPS) is 24.2. The highest BCUT2D eigenvalue weighted by molar-refractivity contribution is 7.92. The molecule has 3 rings (SSSR count). The summed E-state index contributed by atoms with van der Waals surface area (Å²) in [6, 6.07) is 0.259. The van der Waals surface area contributed by atoms with Crippen LogP contribution in [0.2, 0.25) is 0 Å². The maximum atomic E-state index is 11.8. The lowest BCUT2D eigenvalue weighted by Crippen LogP contribution is -2.30. The first kappa shape index (κ1) is 16.2. The molecule has 1 saturated heterocycles. The van der Waals surface area contributed by atoms with Crippen molar-refractivity contribution in [3.8, 4) is 11.5 Å². The van der Waals surface area contributed by atoms with E-state index < -0.39 is 9.84 Å². The van der Waals surface area contributed by atoms with Gasteiger partial charge in [0.25, 0.3) is 5.89 Å². The number of aromatic nitrogens is 4. The lowest BCUT2D eigenvalue weighted by atomic mass is 9.99. The van der Waals surface area contributed by atoms with Crippen molar-refractivity contribution in [3.63, 3.8) is 0 Å². The molecule has 3 heterocycles. The van der Waals surface area contributed by atoms with Gasteiger partial charge in [-0.3, -0.25) is 4.68 Å². The molecule has 126 valence electrons. The van der Waals surface area contributed by atoms with E-state index in [1.165, 1.54) is 0 Å². The van der Waals surface area contributed by atoms with Crippen LogP contribution in [-0.4, -0.2) is 39.3 Å². The number of rotatable bonds is 3. The number of sulfone groups is 1. The zero-order chi connectivity index (χ0) is 16.8. The van der Waals surface area contributed by atoms with E-state index in [9.17, 15) is 8.42 Å². The topological polar surface area (TPSA) is 90.9 Å². The summed E-state index contributed by atoms with van der Waals surface area (Å²) >= 11 is 0. The maximum absolute atomic E-state index is 11.8. The van der Waals surface area contributed by atoms with Crippen LogP contribution in [0.4, 0.5) is 0 Å². The van der Waals surface area contributed by atoms with Gasteiger partial charge in [-0.05, 0) is 40.5 Å². The quantitative estimate of drug-likeness (QED) is 0.854. The van der Waals surface area contributed by atoms with Crippen molar-refractivity contribution in [2.24, 2.45) is 0 Å². The van der Waals surface area contributed by atoms with Crippen molar-refractivity contribution < 1.29 is 12.9 Å².